The van der Waals surface area contributed by atoms with E-state index in [-0.39, 0.29) is 34.6 Å². The summed E-state index contributed by atoms with van der Waals surface area (Å²) in [6.07, 6.45) is 3.22. The summed E-state index contributed by atoms with van der Waals surface area (Å²) < 4.78 is 0. The van der Waals surface area contributed by atoms with Gasteiger partial charge in [-0.2, -0.15) is 20.1 Å². The molecular weight excluding hydrogens is 446 g/mol. The summed E-state index contributed by atoms with van der Waals surface area (Å²) in [7, 11) is 0. The molecule has 1 aliphatic rings. The van der Waals surface area contributed by atoms with Gasteiger partial charge in [-0.1, -0.05) is 0 Å². The smallest absolute Gasteiger partial charge is 0.270 e. The van der Waals surface area contributed by atoms with Gasteiger partial charge in [-0.15, -0.1) is 0 Å². The Morgan fingerprint density at radius 3 is 2.26 bits per heavy atom. The predicted molar refractivity (Wildman–Crippen MR) is 124 cm³/mol. The van der Waals surface area contributed by atoms with Crippen molar-refractivity contribution in [2.45, 2.75) is 12.8 Å². The zero-order valence-corrected chi connectivity index (χ0v) is 17.7. The highest BCUT2D eigenvalue weighted by Gasteiger charge is 2.18. The van der Waals surface area contributed by atoms with Gasteiger partial charge in [-0.05, 0) is 31.0 Å². The molecule has 2 aromatic carbocycles. The SMILES string of the molecule is O=[N+]([O-])c1ccc(Nc2nc(N/N=C\c3cc([N+](=O)[O-])ccc3O)nc(N3CCCC3)n2)cc1. The molecule has 34 heavy (non-hydrogen) atoms. The molecule has 0 aliphatic carbocycles. The van der Waals surface area contributed by atoms with Gasteiger partial charge in [-0.25, -0.2) is 5.43 Å². The van der Waals surface area contributed by atoms with Gasteiger partial charge in [0.15, 0.2) is 0 Å². The van der Waals surface area contributed by atoms with E-state index in [0.29, 0.717) is 11.6 Å². The van der Waals surface area contributed by atoms with E-state index < -0.39 is 9.85 Å². The average Bonchev–Trinajstić information content (AvgIpc) is 3.35. The number of hydrogen-bond donors (Lipinski definition) is 3. The number of non-ortho nitro benzene ring substituents is 2. The van der Waals surface area contributed by atoms with Crippen molar-refractivity contribution >= 4 is 41.1 Å². The number of nitrogens with zero attached hydrogens (tertiary/aromatic N) is 7. The van der Waals surface area contributed by atoms with Gasteiger partial charge in [0.05, 0.1) is 16.1 Å². The minimum absolute atomic E-state index is 0.0416. The summed E-state index contributed by atoms with van der Waals surface area (Å²) in [5, 5.41) is 38.7. The van der Waals surface area contributed by atoms with Crippen molar-refractivity contribution in [1.29, 1.82) is 0 Å². The largest absolute Gasteiger partial charge is 0.507 e. The lowest BCUT2D eigenvalue weighted by Gasteiger charge is -2.16. The molecule has 174 valence electrons. The number of nitro benzene ring substituents is 2. The quantitative estimate of drug-likeness (QED) is 0.252. The highest BCUT2D eigenvalue weighted by Crippen LogP contribution is 2.23. The zero-order chi connectivity index (χ0) is 24.1. The minimum atomic E-state index is -0.575. The molecule has 0 radical (unpaired) electrons. The van der Waals surface area contributed by atoms with E-state index in [9.17, 15) is 25.3 Å². The Bertz CT molecular complexity index is 1240. The fourth-order valence-electron chi connectivity index (χ4n) is 3.24. The molecule has 0 amide bonds. The first-order valence-corrected chi connectivity index (χ1v) is 10.2. The maximum Gasteiger partial charge on any atom is 0.270 e. The van der Waals surface area contributed by atoms with Crippen molar-refractivity contribution in [2.75, 3.05) is 28.7 Å². The van der Waals surface area contributed by atoms with Crippen LogP contribution < -0.4 is 15.6 Å². The third-order valence-corrected chi connectivity index (χ3v) is 4.94. The number of benzene rings is 2. The lowest BCUT2D eigenvalue weighted by molar-refractivity contribution is -0.385. The molecule has 1 fully saturated rings. The molecule has 0 atom stereocenters. The van der Waals surface area contributed by atoms with Crippen LogP contribution in [0.2, 0.25) is 0 Å². The lowest BCUT2D eigenvalue weighted by Crippen LogP contribution is -2.21. The van der Waals surface area contributed by atoms with Crippen LogP contribution in [0.1, 0.15) is 18.4 Å². The van der Waals surface area contributed by atoms with Crippen LogP contribution in [0.5, 0.6) is 5.75 Å². The van der Waals surface area contributed by atoms with Crippen molar-refractivity contribution in [1.82, 2.24) is 15.0 Å². The first kappa shape index (κ1) is 22.3. The number of hydrazone groups is 1. The first-order chi connectivity index (χ1) is 16.4. The highest BCUT2D eigenvalue weighted by molar-refractivity contribution is 5.84. The third-order valence-electron chi connectivity index (χ3n) is 4.94. The lowest BCUT2D eigenvalue weighted by atomic mass is 10.2. The van der Waals surface area contributed by atoms with Gasteiger partial charge in [0.1, 0.15) is 5.75 Å². The van der Waals surface area contributed by atoms with Crippen LogP contribution in [0.15, 0.2) is 47.6 Å². The number of phenolic OH excluding ortho intramolecular Hbond substituents is 1. The summed E-state index contributed by atoms with van der Waals surface area (Å²) in [5.41, 5.74) is 3.10. The second-order valence-electron chi connectivity index (χ2n) is 7.28. The Morgan fingerprint density at radius 1 is 0.941 bits per heavy atom. The molecule has 1 aromatic heterocycles. The number of phenols is 1. The van der Waals surface area contributed by atoms with Crippen molar-refractivity contribution in [3.05, 3.63) is 68.3 Å². The number of rotatable bonds is 8. The highest BCUT2D eigenvalue weighted by atomic mass is 16.6. The molecule has 1 saturated heterocycles. The molecule has 2 heterocycles. The Labute approximate surface area is 192 Å². The fraction of sp³-hybridized carbons (Fsp3) is 0.200. The zero-order valence-electron chi connectivity index (χ0n) is 17.7. The predicted octanol–water partition coefficient (Wildman–Crippen LogP) is 3.18. The number of anilines is 4. The normalized spacial score (nSPS) is 13.2. The van der Waals surface area contributed by atoms with Crippen molar-refractivity contribution in [3.8, 4) is 5.75 Å². The third kappa shape index (κ3) is 5.29. The summed E-state index contributed by atoms with van der Waals surface area (Å²) in [4.78, 5) is 35.8. The van der Waals surface area contributed by atoms with E-state index in [1.54, 1.807) is 0 Å². The molecule has 1 aliphatic heterocycles. The first-order valence-electron chi connectivity index (χ1n) is 10.2. The van der Waals surface area contributed by atoms with Crippen LogP contribution in [0.4, 0.5) is 34.9 Å². The summed E-state index contributed by atoms with van der Waals surface area (Å²) in [6, 6.07) is 9.37. The summed E-state index contributed by atoms with van der Waals surface area (Å²) in [5.74, 6) is 0.544. The van der Waals surface area contributed by atoms with Gasteiger partial charge < -0.3 is 15.3 Å². The van der Waals surface area contributed by atoms with Crippen LogP contribution in [0, 0.1) is 20.2 Å². The van der Waals surface area contributed by atoms with E-state index in [1.165, 1.54) is 48.7 Å². The van der Waals surface area contributed by atoms with Crippen LogP contribution in [-0.4, -0.2) is 49.2 Å². The average molecular weight is 465 g/mol. The van der Waals surface area contributed by atoms with Gasteiger partial charge in [0.25, 0.3) is 11.4 Å². The second kappa shape index (κ2) is 9.72. The van der Waals surface area contributed by atoms with Crippen molar-refractivity contribution in [3.63, 3.8) is 0 Å². The van der Waals surface area contributed by atoms with E-state index >= 15 is 0 Å². The van der Waals surface area contributed by atoms with E-state index in [2.05, 4.69) is 30.8 Å². The number of hydrogen-bond acceptors (Lipinski definition) is 12. The van der Waals surface area contributed by atoms with Crippen LogP contribution in [-0.2, 0) is 0 Å². The molecule has 0 spiro atoms. The molecule has 4 rings (SSSR count). The Hall–Kier alpha value is -4.88. The Kier molecular flexibility index (Phi) is 6.38. The molecule has 3 N–H and O–H groups in total. The van der Waals surface area contributed by atoms with E-state index in [1.807, 2.05) is 4.90 Å². The molecule has 14 nitrogen and oxygen atoms in total. The summed E-state index contributed by atoms with van der Waals surface area (Å²) >= 11 is 0. The molecule has 0 unspecified atom stereocenters. The van der Waals surface area contributed by atoms with Crippen molar-refractivity contribution in [2.24, 2.45) is 5.10 Å². The van der Waals surface area contributed by atoms with Crippen LogP contribution in [0.25, 0.3) is 0 Å². The molecular formula is C20H19N9O5. The van der Waals surface area contributed by atoms with Gasteiger partial charge in [0.2, 0.25) is 17.8 Å². The topological polar surface area (TPSA) is 185 Å². The van der Waals surface area contributed by atoms with E-state index in [4.69, 9.17) is 0 Å². The maximum atomic E-state index is 11.0. The fourth-order valence-corrected chi connectivity index (χ4v) is 3.24. The van der Waals surface area contributed by atoms with Crippen molar-refractivity contribution < 1.29 is 15.0 Å². The molecule has 14 heteroatoms. The van der Waals surface area contributed by atoms with Gasteiger partial charge >= 0.3 is 0 Å². The minimum Gasteiger partial charge on any atom is -0.507 e. The molecule has 0 saturated carbocycles. The number of aromatic hydroxyl groups is 1. The molecule has 0 bridgehead atoms. The standard InChI is InChI=1S/C20H19N9O5/c30-17-8-7-16(29(33)34)11-13(17)12-21-26-19-23-18(24-20(25-19)27-9-1-2-10-27)22-14-3-5-15(6-4-14)28(31)32/h3-8,11-12,30H,1-2,9-10H2,(H2,22,23,24,25,26)/b21-12-. The second-order valence-corrected chi connectivity index (χ2v) is 7.28. The number of nitro groups is 2. The van der Waals surface area contributed by atoms with Gasteiger partial charge in [-0.3, -0.25) is 20.2 Å². The number of nitrogens with one attached hydrogen (secondary N) is 2. The Morgan fingerprint density at radius 2 is 1.59 bits per heavy atom. The molecule has 3 aromatic rings. The van der Waals surface area contributed by atoms with Crippen LogP contribution in [0.3, 0.4) is 0 Å². The number of aromatic nitrogens is 3. The summed E-state index contributed by atoms with van der Waals surface area (Å²) in [6.45, 7) is 1.57. The monoisotopic (exact) mass is 465 g/mol. The van der Waals surface area contributed by atoms with Gasteiger partial charge in [0, 0.05) is 48.6 Å². The van der Waals surface area contributed by atoms with E-state index in [0.717, 1.165) is 25.9 Å². The Balaban J connectivity index is 1.57. The van der Waals surface area contributed by atoms with Crippen LogP contribution >= 0.6 is 0 Å². The maximum absolute atomic E-state index is 11.0.